The van der Waals surface area contributed by atoms with Gasteiger partial charge >= 0.3 is 17.6 Å². The molecule has 13 heteroatoms. The second kappa shape index (κ2) is 5.68. The van der Waals surface area contributed by atoms with E-state index in [4.69, 9.17) is 0 Å². The van der Waals surface area contributed by atoms with Crippen molar-refractivity contribution in [2.75, 3.05) is 5.43 Å². The zero-order valence-electron chi connectivity index (χ0n) is 7.56. The molecule has 1 heterocycles. The molecule has 16 heavy (non-hydrogen) atoms. The van der Waals surface area contributed by atoms with Crippen LogP contribution in [0.25, 0.3) is 0 Å². The number of nitrogens with zero attached hydrogens (tertiary/aromatic N) is 4. The fourth-order valence-electron chi connectivity index (χ4n) is 0.461. The SMILES string of the molecule is NC(N)=[NH2+].O=[N+]([O-])Nc1nonc1[N+](=O)[O-]. The van der Waals surface area contributed by atoms with Crippen LogP contribution in [0.5, 0.6) is 0 Å². The number of hydrazine groups is 1. The molecule has 0 aliphatic rings. The Morgan fingerprint density at radius 3 is 2.25 bits per heavy atom. The van der Waals surface area contributed by atoms with Gasteiger partial charge in [-0.05, 0) is 4.92 Å². The van der Waals surface area contributed by atoms with Gasteiger partial charge in [-0.3, -0.25) is 16.9 Å². The molecule has 88 valence electrons. The summed E-state index contributed by atoms with van der Waals surface area (Å²) in [6, 6.07) is 0. The molecule has 0 amide bonds. The largest absolute Gasteiger partial charge is 0.464 e. The van der Waals surface area contributed by atoms with Gasteiger partial charge in [-0.15, -0.1) is 4.63 Å². The molecule has 0 fully saturated rings. The minimum absolute atomic E-state index is 0.0833. The number of nitro groups is 2. The van der Waals surface area contributed by atoms with Gasteiger partial charge in [-0.2, -0.15) is 0 Å². The summed E-state index contributed by atoms with van der Waals surface area (Å²) in [7, 11) is 0. The molecular formula is C3H7N8O5+. The predicted molar refractivity (Wildman–Crippen MR) is 46.9 cm³/mol. The van der Waals surface area contributed by atoms with E-state index >= 15 is 0 Å². The first-order chi connectivity index (χ1) is 7.34. The first kappa shape index (κ1) is 13.0. The molecule has 7 N–H and O–H groups in total. The minimum atomic E-state index is -1.01. The maximum atomic E-state index is 10.0. The van der Waals surface area contributed by atoms with Crippen molar-refractivity contribution in [3.63, 3.8) is 0 Å². The van der Waals surface area contributed by atoms with E-state index in [1.165, 1.54) is 5.43 Å². The Labute approximate surface area is 86.1 Å². The van der Waals surface area contributed by atoms with Gasteiger partial charge in [0.05, 0.1) is 0 Å². The van der Waals surface area contributed by atoms with Crippen molar-refractivity contribution >= 4 is 17.6 Å². The van der Waals surface area contributed by atoms with Crippen molar-refractivity contribution in [1.82, 2.24) is 10.3 Å². The Bertz CT molecular complexity index is 394. The summed E-state index contributed by atoms with van der Waals surface area (Å²) in [6.07, 6.45) is 0. The van der Waals surface area contributed by atoms with E-state index in [0.29, 0.717) is 0 Å². The molecule has 0 aliphatic carbocycles. The molecule has 0 saturated heterocycles. The third-order valence-electron chi connectivity index (χ3n) is 0.841. The molecule has 0 unspecified atom stereocenters. The number of rotatable bonds is 3. The zero-order chi connectivity index (χ0) is 12.7. The quantitative estimate of drug-likeness (QED) is 0.176. The van der Waals surface area contributed by atoms with Crippen LogP contribution < -0.4 is 22.3 Å². The topological polar surface area (TPSA) is 215 Å². The molecule has 1 aromatic rings. The lowest BCUT2D eigenvalue weighted by Crippen LogP contribution is -2.51. The molecule has 0 bridgehead atoms. The number of anilines is 1. The van der Waals surface area contributed by atoms with Crippen LogP contribution in [0, 0.1) is 20.2 Å². The number of hydrogen-bond donors (Lipinski definition) is 4. The van der Waals surface area contributed by atoms with Crippen LogP contribution in [0.3, 0.4) is 0 Å². The normalized spacial score (nSPS) is 8.50. The summed E-state index contributed by atoms with van der Waals surface area (Å²) in [5, 5.41) is 29.1. The Morgan fingerprint density at radius 2 is 1.88 bits per heavy atom. The smallest absolute Gasteiger partial charge is 0.358 e. The molecule has 1 rings (SSSR count). The van der Waals surface area contributed by atoms with Crippen LogP contribution >= 0.6 is 0 Å². The molecule has 0 aromatic carbocycles. The molecule has 0 saturated carbocycles. The zero-order valence-corrected chi connectivity index (χ0v) is 7.56. The van der Waals surface area contributed by atoms with Gasteiger partial charge in [-0.1, -0.05) is 5.43 Å². The number of nitrogens with one attached hydrogen (secondary N) is 1. The summed E-state index contributed by atoms with van der Waals surface area (Å²) in [6.45, 7) is 0. The highest BCUT2D eigenvalue weighted by atomic mass is 16.7. The number of guanidine groups is 1. The molecule has 13 nitrogen and oxygen atoms in total. The van der Waals surface area contributed by atoms with E-state index in [0.717, 1.165) is 0 Å². The van der Waals surface area contributed by atoms with Crippen molar-refractivity contribution in [3.8, 4) is 0 Å². The molecule has 0 spiro atoms. The van der Waals surface area contributed by atoms with Gasteiger partial charge in [0.2, 0.25) is 0 Å². The standard InChI is InChI=1S/C2HN5O5.CH5N3/c8-6(9)2-1(3-7(10)11)4-12-5-2;2-1(3)4/h(H,3,4);(H5,2,3,4)/p+1. The predicted octanol–water partition coefficient (Wildman–Crippen LogP) is -3.40. The summed E-state index contributed by atoms with van der Waals surface area (Å²) < 4.78 is 3.90. The van der Waals surface area contributed by atoms with Gasteiger partial charge in [0.1, 0.15) is 0 Å². The average Bonchev–Trinajstić information content (AvgIpc) is 2.49. The van der Waals surface area contributed by atoms with Crippen molar-refractivity contribution in [3.05, 3.63) is 20.2 Å². The summed E-state index contributed by atoms with van der Waals surface area (Å²) in [5.74, 6) is -1.54. The van der Waals surface area contributed by atoms with Crippen LogP contribution in [0.2, 0.25) is 0 Å². The van der Waals surface area contributed by atoms with Gasteiger partial charge in [0.25, 0.3) is 0 Å². The monoisotopic (exact) mass is 235 g/mol. The number of nitrogens with two attached hydrogens (primary N) is 3. The van der Waals surface area contributed by atoms with E-state index in [1.54, 1.807) is 0 Å². The van der Waals surface area contributed by atoms with Crippen LogP contribution in [-0.4, -0.2) is 26.2 Å². The van der Waals surface area contributed by atoms with E-state index in [-0.39, 0.29) is 5.96 Å². The molecular weight excluding hydrogens is 228 g/mol. The maximum absolute atomic E-state index is 10.0. The highest BCUT2D eigenvalue weighted by Gasteiger charge is 2.25. The van der Waals surface area contributed by atoms with Crippen LogP contribution in [0.15, 0.2) is 4.63 Å². The molecule has 0 aliphatic heterocycles. The average molecular weight is 235 g/mol. The Balaban J connectivity index is 0.000000487. The van der Waals surface area contributed by atoms with Gasteiger partial charge in [0, 0.05) is 5.16 Å². The third kappa shape index (κ3) is 4.90. The Hall–Kier alpha value is -2.99. The third-order valence-corrected chi connectivity index (χ3v) is 0.841. The van der Waals surface area contributed by atoms with Crippen LogP contribution in [0.4, 0.5) is 11.6 Å². The summed E-state index contributed by atoms with van der Waals surface area (Å²) in [5.41, 5.74) is 10.6. The lowest BCUT2D eigenvalue weighted by atomic mass is 10.7. The van der Waals surface area contributed by atoms with E-state index in [1.807, 2.05) is 0 Å². The lowest BCUT2D eigenvalue weighted by Gasteiger charge is -1.88. The molecule has 0 radical (unpaired) electrons. The van der Waals surface area contributed by atoms with E-state index in [9.17, 15) is 20.2 Å². The van der Waals surface area contributed by atoms with E-state index < -0.39 is 21.6 Å². The summed E-state index contributed by atoms with van der Waals surface area (Å²) >= 11 is 0. The van der Waals surface area contributed by atoms with Gasteiger partial charge in [-0.25, -0.2) is 10.1 Å². The Morgan fingerprint density at radius 1 is 1.38 bits per heavy atom. The Kier molecular flexibility index (Phi) is 4.62. The number of aromatic nitrogens is 2. The number of hydrogen-bond acceptors (Lipinski definition) is 7. The first-order valence-electron chi connectivity index (χ1n) is 3.36. The first-order valence-corrected chi connectivity index (χ1v) is 3.36. The van der Waals surface area contributed by atoms with Crippen molar-refractivity contribution in [2.45, 2.75) is 0 Å². The molecule has 0 atom stereocenters. The van der Waals surface area contributed by atoms with Crippen LogP contribution in [0.1, 0.15) is 0 Å². The van der Waals surface area contributed by atoms with E-state index in [2.05, 4.69) is 31.8 Å². The second-order valence-electron chi connectivity index (χ2n) is 2.06. The van der Waals surface area contributed by atoms with Crippen molar-refractivity contribution in [2.24, 2.45) is 11.5 Å². The second-order valence-corrected chi connectivity index (χ2v) is 2.06. The lowest BCUT2D eigenvalue weighted by molar-refractivity contribution is -0.447. The van der Waals surface area contributed by atoms with Gasteiger partial charge < -0.3 is 10.1 Å². The van der Waals surface area contributed by atoms with Crippen LogP contribution in [-0.2, 0) is 0 Å². The highest BCUT2D eigenvalue weighted by molar-refractivity contribution is 5.68. The maximum Gasteiger partial charge on any atom is 0.464 e. The van der Waals surface area contributed by atoms with Crippen molar-refractivity contribution < 1.29 is 20.0 Å². The minimum Gasteiger partial charge on any atom is -0.358 e. The summed E-state index contributed by atoms with van der Waals surface area (Å²) in [4.78, 5) is 18.9. The van der Waals surface area contributed by atoms with Crippen molar-refractivity contribution in [1.29, 1.82) is 0 Å². The van der Waals surface area contributed by atoms with Gasteiger partial charge in [0.15, 0.2) is 10.2 Å². The highest BCUT2D eigenvalue weighted by Crippen LogP contribution is 2.17. The molecule has 1 aromatic heterocycles. The fourth-order valence-corrected chi connectivity index (χ4v) is 0.461. The fraction of sp³-hybridized carbons (Fsp3) is 0.